The summed E-state index contributed by atoms with van der Waals surface area (Å²) >= 11 is 0. The summed E-state index contributed by atoms with van der Waals surface area (Å²) < 4.78 is 9.76. The maximum atomic E-state index is 13.6. The number of aryl methyl sites for hydroxylation is 1. The van der Waals surface area contributed by atoms with Crippen molar-refractivity contribution in [1.29, 1.82) is 0 Å². The Balaban J connectivity index is 3.41. The lowest BCUT2D eigenvalue weighted by Crippen LogP contribution is -2.54. The molecule has 0 heterocycles. The smallest absolute Gasteiger partial charge is 0.408 e. The van der Waals surface area contributed by atoms with Crippen molar-refractivity contribution in [3.63, 3.8) is 0 Å². The summed E-state index contributed by atoms with van der Waals surface area (Å²) in [5, 5.41) is 4.81. The first-order valence-corrected chi connectivity index (χ1v) is 10.9. The molecule has 0 radical (unpaired) electrons. The molecule has 1 aromatic rings. The molecule has 0 fully saturated rings. The van der Waals surface area contributed by atoms with E-state index in [1.807, 2.05) is 6.92 Å². The molecular formula is C24H34N4O7. The van der Waals surface area contributed by atoms with Crippen LogP contribution in [0.25, 0.3) is 0 Å². The second kappa shape index (κ2) is 13.1. The highest BCUT2D eigenvalue weighted by Crippen LogP contribution is 2.23. The van der Waals surface area contributed by atoms with Crippen molar-refractivity contribution >= 4 is 29.8 Å². The van der Waals surface area contributed by atoms with Crippen LogP contribution in [0.1, 0.15) is 44.4 Å². The van der Waals surface area contributed by atoms with Crippen LogP contribution in [0.2, 0.25) is 0 Å². The summed E-state index contributed by atoms with van der Waals surface area (Å²) in [5.41, 5.74) is 5.81. The number of nitrogens with zero attached hydrogens (tertiary/aromatic N) is 1. The van der Waals surface area contributed by atoms with Gasteiger partial charge >= 0.3 is 12.1 Å². The van der Waals surface area contributed by atoms with Gasteiger partial charge in [0.15, 0.2) is 0 Å². The van der Waals surface area contributed by atoms with Crippen LogP contribution in [-0.4, -0.2) is 66.5 Å². The third-order valence-corrected chi connectivity index (χ3v) is 4.59. The van der Waals surface area contributed by atoms with Crippen molar-refractivity contribution in [3.05, 3.63) is 48.0 Å². The first-order chi connectivity index (χ1) is 16.3. The molecule has 1 aromatic carbocycles. The van der Waals surface area contributed by atoms with Gasteiger partial charge in [-0.3, -0.25) is 19.2 Å². The fraction of sp³-hybridized carbons (Fsp3) is 0.458. The van der Waals surface area contributed by atoms with Gasteiger partial charge in [0, 0.05) is 6.54 Å². The fourth-order valence-corrected chi connectivity index (χ4v) is 3.06. The van der Waals surface area contributed by atoms with Crippen molar-refractivity contribution in [2.45, 2.75) is 51.8 Å². The second-order valence-electron chi connectivity index (χ2n) is 8.76. The molecule has 0 spiro atoms. The van der Waals surface area contributed by atoms with E-state index in [-0.39, 0.29) is 6.54 Å². The Kier molecular flexibility index (Phi) is 10.9. The van der Waals surface area contributed by atoms with Gasteiger partial charge in [0.2, 0.25) is 17.7 Å². The monoisotopic (exact) mass is 490 g/mol. The Morgan fingerprint density at radius 3 is 2.23 bits per heavy atom. The summed E-state index contributed by atoms with van der Waals surface area (Å²) in [4.78, 5) is 63.5. The number of alkyl carbamates (subject to hydrolysis) is 1. The number of nitrogens with one attached hydrogen (secondary N) is 2. The van der Waals surface area contributed by atoms with E-state index in [4.69, 9.17) is 10.5 Å². The molecule has 0 aliphatic heterocycles. The van der Waals surface area contributed by atoms with E-state index in [1.54, 1.807) is 45.0 Å². The minimum absolute atomic E-state index is 0.117. The lowest BCUT2D eigenvalue weighted by molar-refractivity contribution is -0.144. The highest BCUT2D eigenvalue weighted by Gasteiger charge is 2.36. The number of esters is 1. The number of ether oxygens (including phenoxy) is 2. The van der Waals surface area contributed by atoms with E-state index in [0.717, 1.165) is 10.5 Å². The number of amides is 4. The van der Waals surface area contributed by atoms with E-state index in [2.05, 4.69) is 21.9 Å². The van der Waals surface area contributed by atoms with Gasteiger partial charge in [0.05, 0.1) is 13.5 Å². The molecule has 0 saturated carbocycles. The summed E-state index contributed by atoms with van der Waals surface area (Å²) in [6.45, 7) is 9.88. The second-order valence-corrected chi connectivity index (χ2v) is 8.76. The minimum atomic E-state index is -1.41. The van der Waals surface area contributed by atoms with Crippen molar-refractivity contribution in [1.82, 2.24) is 15.5 Å². The van der Waals surface area contributed by atoms with E-state index in [9.17, 15) is 24.0 Å². The number of nitrogens with two attached hydrogens (primary N) is 1. The lowest BCUT2D eigenvalue weighted by Gasteiger charge is -2.33. The molecule has 0 aliphatic rings. The third-order valence-electron chi connectivity index (χ3n) is 4.59. The van der Waals surface area contributed by atoms with Crippen molar-refractivity contribution in [3.8, 4) is 0 Å². The number of rotatable bonds is 11. The van der Waals surface area contributed by atoms with Crippen LogP contribution in [0.4, 0.5) is 4.79 Å². The molecule has 4 N–H and O–H groups in total. The molecule has 192 valence electrons. The molecule has 2 unspecified atom stereocenters. The van der Waals surface area contributed by atoms with Gasteiger partial charge in [0.25, 0.3) is 0 Å². The highest BCUT2D eigenvalue weighted by atomic mass is 16.6. The topological polar surface area (TPSA) is 157 Å². The fourth-order valence-electron chi connectivity index (χ4n) is 3.06. The highest BCUT2D eigenvalue weighted by molar-refractivity contribution is 5.95. The summed E-state index contributed by atoms with van der Waals surface area (Å²) in [6, 6.07) is 4.19. The Bertz CT molecular complexity index is 938. The van der Waals surface area contributed by atoms with Crippen LogP contribution in [0.15, 0.2) is 36.9 Å². The van der Waals surface area contributed by atoms with Gasteiger partial charge in [-0.25, -0.2) is 4.79 Å². The molecular weight excluding hydrogens is 456 g/mol. The Morgan fingerprint density at radius 1 is 1.14 bits per heavy atom. The summed E-state index contributed by atoms with van der Waals surface area (Å²) in [5.74, 6) is -2.97. The molecule has 0 bridgehead atoms. The molecule has 35 heavy (non-hydrogen) atoms. The molecule has 11 nitrogen and oxygen atoms in total. The average Bonchev–Trinajstić information content (AvgIpc) is 2.75. The van der Waals surface area contributed by atoms with Gasteiger partial charge in [-0.1, -0.05) is 35.9 Å². The molecule has 2 atom stereocenters. The SMILES string of the molecule is C=CCN(C(=O)C(CC(N)=O)NC(=O)OC(C)(C)C)C(C(=O)NCC(=O)OC)c1ccc(C)cc1. The standard InChI is InChI=1S/C24H34N4O7/c1-7-12-28(22(32)17(13-18(25)29)27-23(33)35-24(3,4)5)20(16-10-8-15(2)9-11-16)21(31)26-14-19(30)34-6/h7-11,17,20H,1,12-14H2,2-6H3,(H2,25,29)(H,26,31)(H,27,33). The largest absolute Gasteiger partial charge is 0.468 e. The zero-order valence-corrected chi connectivity index (χ0v) is 20.8. The van der Waals surface area contributed by atoms with Crippen molar-refractivity contribution in [2.75, 3.05) is 20.2 Å². The minimum Gasteiger partial charge on any atom is -0.468 e. The first-order valence-electron chi connectivity index (χ1n) is 10.9. The van der Waals surface area contributed by atoms with E-state index in [1.165, 1.54) is 13.2 Å². The van der Waals surface area contributed by atoms with E-state index >= 15 is 0 Å². The molecule has 0 saturated heterocycles. The van der Waals surface area contributed by atoms with Gasteiger partial charge in [-0.15, -0.1) is 6.58 Å². The molecule has 11 heteroatoms. The lowest BCUT2D eigenvalue weighted by atomic mass is 10.0. The number of primary amides is 1. The molecule has 1 rings (SSSR count). The van der Waals surface area contributed by atoms with E-state index in [0.29, 0.717) is 5.56 Å². The Morgan fingerprint density at radius 2 is 1.74 bits per heavy atom. The third kappa shape index (κ3) is 9.86. The Labute approximate surface area is 205 Å². The number of hydrogen-bond donors (Lipinski definition) is 3. The van der Waals surface area contributed by atoms with Crippen LogP contribution in [0.3, 0.4) is 0 Å². The van der Waals surface area contributed by atoms with Gasteiger partial charge < -0.3 is 30.7 Å². The predicted octanol–water partition coefficient (Wildman–Crippen LogP) is 1.11. The van der Waals surface area contributed by atoms with Crippen LogP contribution in [-0.2, 0) is 28.7 Å². The Hall–Kier alpha value is -3.89. The molecule has 4 amide bonds. The average molecular weight is 491 g/mol. The van der Waals surface area contributed by atoms with Crippen LogP contribution < -0.4 is 16.4 Å². The quantitative estimate of drug-likeness (QED) is 0.310. The number of carbonyl (C=O) groups excluding carboxylic acids is 5. The maximum absolute atomic E-state index is 13.6. The predicted molar refractivity (Wildman–Crippen MR) is 128 cm³/mol. The normalized spacial score (nSPS) is 12.5. The van der Waals surface area contributed by atoms with Gasteiger partial charge in [-0.05, 0) is 33.3 Å². The van der Waals surface area contributed by atoms with Crippen LogP contribution in [0, 0.1) is 6.92 Å². The number of benzene rings is 1. The zero-order valence-electron chi connectivity index (χ0n) is 20.8. The van der Waals surface area contributed by atoms with Crippen LogP contribution >= 0.6 is 0 Å². The van der Waals surface area contributed by atoms with Crippen LogP contribution in [0.5, 0.6) is 0 Å². The number of hydrogen-bond acceptors (Lipinski definition) is 7. The number of carbonyl (C=O) groups is 5. The maximum Gasteiger partial charge on any atom is 0.408 e. The summed E-state index contributed by atoms with van der Waals surface area (Å²) in [7, 11) is 1.18. The molecule has 0 aliphatic carbocycles. The molecule has 0 aromatic heterocycles. The van der Waals surface area contributed by atoms with Gasteiger partial charge in [0.1, 0.15) is 24.2 Å². The zero-order chi connectivity index (χ0) is 26.8. The van der Waals surface area contributed by atoms with Crippen molar-refractivity contribution < 1.29 is 33.4 Å². The van der Waals surface area contributed by atoms with Gasteiger partial charge in [-0.2, -0.15) is 0 Å². The first kappa shape index (κ1) is 29.1. The van der Waals surface area contributed by atoms with Crippen molar-refractivity contribution in [2.24, 2.45) is 5.73 Å². The number of methoxy groups -OCH3 is 1. The van der Waals surface area contributed by atoms with E-state index < -0.39 is 60.4 Å². The summed E-state index contributed by atoms with van der Waals surface area (Å²) in [6.07, 6.45) is -0.0740.